The molecule has 0 bridgehead atoms. The van der Waals surface area contributed by atoms with Gasteiger partial charge in [-0.3, -0.25) is 0 Å². The summed E-state index contributed by atoms with van der Waals surface area (Å²) in [6.45, 7) is 3.88. The highest BCUT2D eigenvalue weighted by Gasteiger charge is 2.21. The van der Waals surface area contributed by atoms with Crippen LogP contribution in [0.3, 0.4) is 0 Å². The van der Waals surface area contributed by atoms with Gasteiger partial charge in [0, 0.05) is 18.9 Å². The van der Waals surface area contributed by atoms with Crippen LogP contribution >= 0.6 is 0 Å². The molecule has 0 spiro atoms. The molecule has 0 atom stereocenters. The zero-order valence-corrected chi connectivity index (χ0v) is 10.7. The number of hydrogen-bond donors (Lipinski definition) is 1. The van der Waals surface area contributed by atoms with E-state index in [9.17, 15) is 13.2 Å². The van der Waals surface area contributed by atoms with Gasteiger partial charge in [-0.2, -0.15) is 0 Å². The van der Waals surface area contributed by atoms with Crippen molar-refractivity contribution in [1.82, 2.24) is 9.97 Å². The monoisotopic (exact) mass is 258 g/mol. The van der Waals surface area contributed by atoms with E-state index in [2.05, 4.69) is 9.97 Å². The van der Waals surface area contributed by atoms with Crippen molar-refractivity contribution in [3.05, 3.63) is 17.6 Å². The minimum absolute atomic E-state index is 0.262. The quantitative estimate of drug-likeness (QED) is 0.801. The number of carbonyl (C=O) groups is 1. The molecule has 6 nitrogen and oxygen atoms in total. The Hall–Kier alpha value is -1.50. The Morgan fingerprint density at radius 1 is 1.47 bits per heavy atom. The molecule has 0 saturated carbocycles. The normalized spacial score (nSPS) is 11.8. The maximum Gasteiger partial charge on any atom is 0.340 e. The number of hydrogen-bond acceptors (Lipinski definition) is 5. The summed E-state index contributed by atoms with van der Waals surface area (Å²) in [5.74, 6) is -0.745. The summed E-state index contributed by atoms with van der Waals surface area (Å²) in [7, 11) is -3.67. The molecule has 1 aromatic heterocycles. The summed E-state index contributed by atoms with van der Waals surface area (Å²) >= 11 is 0. The number of aromatic nitrogens is 2. The first kappa shape index (κ1) is 13.6. The van der Waals surface area contributed by atoms with Crippen LogP contribution in [-0.4, -0.2) is 35.7 Å². The van der Waals surface area contributed by atoms with Gasteiger partial charge in [0.1, 0.15) is 11.4 Å². The van der Waals surface area contributed by atoms with Crippen LogP contribution in [0.4, 0.5) is 0 Å². The van der Waals surface area contributed by atoms with E-state index in [1.165, 1.54) is 0 Å². The van der Waals surface area contributed by atoms with Crippen LogP contribution in [0.25, 0.3) is 0 Å². The number of sulfone groups is 1. The minimum Gasteiger partial charge on any atom is -0.478 e. The molecule has 1 heterocycles. The molecule has 0 aliphatic rings. The Morgan fingerprint density at radius 2 is 2.06 bits per heavy atom. The van der Waals surface area contributed by atoms with E-state index in [4.69, 9.17) is 5.11 Å². The van der Waals surface area contributed by atoms with Crippen LogP contribution in [0.5, 0.6) is 0 Å². The summed E-state index contributed by atoms with van der Waals surface area (Å²) in [5, 5.41) is 8.44. The van der Waals surface area contributed by atoms with E-state index in [1.807, 2.05) is 13.8 Å². The number of carboxylic acid groups (broad SMARTS) is 1. The topological polar surface area (TPSA) is 97.2 Å². The van der Waals surface area contributed by atoms with Crippen LogP contribution in [-0.2, 0) is 16.3 Å². The van der Waals surface area contributed by atoms with Crippen molar-refractivity contribution in [1.29, 1.82) is 0 Å². The molecule has 0 aliphatic heterocycles. The Balaban J connectivity index is 3.35. The predicted molar refractivity (Wildman–Crippen MR) is 60.6 cm³/mol. The predicted octanol–water partition coefficient (Wildman–Crippen LogP) is 0.777. The van der Waals surface area contributed by atoms with Crippen LogP contribution in [0, 0.1) is 5.92 Å². The van der Waals surface area contributed by atoms with Gasteiger partial charge >= 0.3 is 5.97 Å². The minimum atomic E-state index is -3.67. The number of carboxylic acids is 1. The van der Waals surface area contributed by atoms with E-state index < -0.39 is 20.8 Å². The van der Waals surface area contributed by atoms with Gasteiger partial charge in [0.25, 0.3) is 0 Å². The molecule has 0 radical (unpaired) electrons. The van der Waals surface area contributed by atoms with Gasteiger partial charge in [0.15, 0.2) is 14.9 Å². The molecular weight excluding hydrogens is 244 g/mol. The Morgan fingerprint density at radius 3 is 2.47 bits per heavy atom. The molecule has 0 amide bonds. The zero-order valence-electron chi connectivity index (χ0n) is 9.84. The largest absolute Gasteiger partial charge is 0.478 e. The molecule has 1 aromatic rings. The number of rotatable bonds is 4. The number of nitrogens with zero attached hydrogens (tertiary/aromatic N) is 2. The lowest BCUT2D eigenvalue weighted by atomic mass is 10.1. The van der Waals surface area contributed by atoms with Crippen molar-refractivity contribution in [3.8, 4) is 0 Å². The molecule has 7 heteroatoms. The summed E-state index contributed by atoms with van der Waals surface area (Å²) < 4.78 is 22.9. The standard InChI is InChI=1S/C10H14N2O4S/c1-6(2)4-8-11-5-7(10(13)14)9(12-8)17(3,15)16/h5-6H,4H2,1-3H3,(H,13,14). The van der Waals surface area contributed by atoms with Crippen molar-refractivity contribution in [2.45, 2.75) is 25.3 Å². The summed E-state index contributed by atoms with van der Waals surface area (Å²) in [6, 6.07) is 0. The maximum absolute atomic E-state index is 11.4. The Kier molecular flexibility index (Phi) is 3.82. The smallest absolute Gasteiger partial charge is 0.340 e. The molecule has 94 valence electrons. The highest BCUT2D eigenvalue weighted by molar-refractivity contribution is 7.90. The second kappa shape index (κ2) is 4.79. The first-order chi connectivity index (χ1) is 7.71. The van der Waals surface area contributed by atoms with Gasteiger partial charge < -0.3 is 5.11 Å². The first-order valence-corrected chi connectivity index (χ1v) is 6.90. The summed E-state index contributed by atoms with van der Waals surface area (Å²) in [4.78, 5) is 18.5. The van der Waals surface area contributed by atoms with E-state index in [-0.39, 0.29) is 11.5 Å². The lowest BCUT2D eigenvalue weighted by molar-refractivity contribution is 0.0691. The Bertz CT molecular complexity index is 537. The van der Waals surface area contributed by atoms with Crippen molar-refractivity contribution >= 4 is 15.8 Å². The van der Waals surface area contributed by atoms with Gasteiger partial charge in [-0.05, 0) is 5.92 Å². The van der Waals surface area contributed by atoms with Gasteiger partial charge in [-0.15, -0.1) is 0 Å². The van der Waals surface area contributed by atoms with Crippen LogP contribution < -0.4 is 0 Å². The average Bonchev–Trinajstić information content (AvgIpc) is 2.14. The molecule has 0 saturated heterocycles. The molecule has 17 heavy (non-hydrogen) atoms. The van der Waals surface area contributed by atoms with E-state index >= 15 is 0 Å². The van der Waals surface area contributed by atoms with Crippen molar-refractivity contribution in [2.24, 2.45) is 5.92 Å². The van der Waals surface area contributed by atoms with Crippen molar-refractivity contribution in [2.75, 3.05) is 6.26 Å². The number of aromatic carboxylic acids is 1. The van der Waals surface area contributed by atoms with E-state index in [0.717, 1.165) is 12.5 Å². The zero-order chi connectivity index (χ0) is 13.2. The molecule has 1 rings (SSSR count). The molecular formula is C10H14N2O4S. The van der Waals surface area contributed by atoms with Crippen LogP contribution in [0.15, 0.2) is 11.2 Å². The Labute approximate surface area is 99.6 Å². The fourth-order valence-electron chi connectivity index (χ4n) is 1.29. The third-order valence-corrected chi connectivity index (χ3v) is 2.99. The van der Waals surface area contributed by atoms with Crippen molar-refractivity contribution < 1.29 is 18.3 Å². The molecule has 0 aliphatic carbocycles. The van der Waals surface area contributed by atoms with Gasteiger partial charge in [-0.25, -0.2) is 23.2 Å². The maximum atomic E-state index is 11.4. The SMILES string of the molecule is CC(C)Cc1ncc(C(=O)O)c(S(C)(=O)=O)n1. The highest BCUT2D eigenvalue weighted by Crippen LogP contribution is 2.13. The molecule has 1 N–H and O–H groups in total. The van der Waals surface area contributed by atoms with Gasteiger partial charge in [0.05, 0.1) is 0 Å². The lowest BCUT2D eigenvalue weighted by Gasteiger charge is -2.07. The lowest BCUT2D eigenvalue weighted by Crippen LogP contribution is -2.14. The van der Waals surface area contributed by atoms with E-state index in [0.29, 0.717) is 12.2 Å². The second-order valence-electron chi connectivity index (χ2n) is 4.18. The van der Waals surface area contributed by atoms with E-state index in [1.54, 1.807) is 0 Å². The third-order valence-electron chi connectivity index (χ3n) is 1.98. The summed E-state index contributed by atoms with van der Waals surface area (Å²) in [6.07, 6.45) is 2.48. The molecule has 0 unspecified atom stereocenters. The highest BCUT2D eigenvalue weighted by atomic mass is 32.2. The second-order valence-corrected chi connectivity index (χ2v) is 6.11. The van der Waals surface area contributed by atoms with Gasteiger partial charge in [0.2, 0.25) is 0 Å². The average molecular weight is 258 g/mol. The van der Waals surface area contributed by atoms with Gasteiger partial charge in [-0.1, -0.05) is 13.8 Å². The summed E-state index contributed by atoms with van der Waals surface area (Å²) in [5.41, 5.74) is -0.389. The molecule has 0 fully saturated rings. The third kappa shape index (κ3) is 3.48. The fraction of sp³-hybridized carbons (Fsp3) is 0.500. The van der Waals surface area contributed by atoms with Crippen LogP contribution in [0.2, 0.25) is 0 Å². The van der Waals surface area contributed by atoms with Crippen molar-refractivity contribution in [3.63, 3.8) is 0 Å². The first-order valence-electron chi connectivity index (χ1n) is 5.01. The van der Waals surface area contributed by atoms with Crippen LogP contribution in [0.1, 0.15) is 30.0 Å². The molecule has 0 aromatic carbocycles. The fourth-order valence-corrected chi connectivity index (χ4v) is 2.10.